The van der Waals surface area contributed by atoms with E-state index in [1.165, 1.54) is 44.9 Å². The van der Waals surface area contributed by atoms with E-state index in [1.54, 1.807) is 6.92 Å². The minimum atomic E-state index is -2.18. The van der Waals surface area contributed by atoms with Gasteiger partial charge in [-0.2, -0.15) is 0 Å². The molecule has 1 aliphatic rings. The van der Waals surface area contributed by atoms with Gasteiger partial charge in [-0.3, -0.25) is 4.79 Å². The van der Waals surface area contributed by atoms with Crippen LogP contribution in [0.1, 0.15) is 104 Å². The van der Waals surface area contributed by atoms with Gasteiger partial charge in [-0.05, 0) is 19.8 Å². The van der Waals surface area contributed by atoms with Gasteiger partial charge in [0, 0.05) is 0 Å². The number of aliphatic hydroxyl groups is 1. The van der Waals surface area contributed by atoms with E-state index >= 15 is 0 Å². The first-order chi connectivity index (χ1) is 13.4. The Morgan fingerprint density at radius 2 is 1.46 bits per heavy atom. The van der Waals surface area contributed by atoms with E-state index in [0.717, 1.165) is 50.5 Å². The summed E-state index contributed by atoms with van der Waals surface area (Å²) in [4.78, 5) is 11.8. The molecule has 0 aromatic heterocycles. The van der Waals surface area contributed by atoms with Crippen LogP contribution in [-0.2, 0) is 24.7 Å². The van der Waals surface area contributed by atoms with Crippen LogP contribution in [0.5, 0.6) is 0 Å². The van der Waals surface area contributed by atoms with Crippen LogP contribution in [0, 0.1) is 6.08 Å². The third-order valence-electron chi connectivity index (χ3n) is 5.05. The molecule has 0 heterocycles. The normalized spacial score (nSPS) is 16.5. The molecular formula is C21H37Cl3O3Ta-. The van der Waals surface area contributed by atoms with Gasteiger partial charge in [-0.15, -0.1) is 0 Å². The van der Waals surface area contributed by atoms with Crippen LogP contribution >= 0.6 is 27.6 Å². The first-order valence-corrected chi connectivity index (χ1v) is 22.6. The summed E-state index contributed by atoms with van der Waals surface area (Å²) >= 11 is -2.18. The fourth-order valence-electron chi connectivity index (χ4n) is 3.58. The SMILES string of the molecule is CCCCCCCCCCC(=[C-]C(=O)OCC)C1(O)CCCCC1.[Cl][Ta]([Cl])[Cl]. The zero-order chi connectivity index (χ0) is 21.3. The molecule has 1 aliphatic carbocycles. The molecular weight excluding hydrogens is 588 g/mol. The summed E-state index contributed by atoms with van der Waals surface area (Å²) in [7, 11) is 15.0. The molecule has 0 amide bonds. The fourth-order valence-corrected chi connectivity index (χ4v) is 3.58. The van der Waals surface area contributed by atoms with E-state index in [0.29, 0.717) is 6.61 Å². The van der Waals surface area contributed by atoms with Gasteiger partial charge < -0.3 is 15.9 Å². The Bertz CT molecular complexity index is 422. The number of esters is 1. The molecule has 1 saturated carbocycles. The fraction of sp³-hybridized carbons (Fsp3) is 0.857. The molecule has 166 valence electrons. The number of rotatable bonds is 12. The Hall–Kier alpha value is 0.780. The number of halogens is 3. The Morgan fingerprint density at radius 3 is 1.96 bits per heavy atom. The maximum absolute atomic E-state index is 11.8. The van der Waals surface area contributed by atoms with Crippen molar-refractivity contribution in [2.24, 2.45) is 0 Å². The third kappa shape index (κ3) is 15.6. The van der Waals surface area contributed by atoms with Crippen LogP contribution in [0.3, 0.4) is 0 Å². The molecule has 0 aliphatic heterocycles. The van der Waals surface area contributed by atoms with Gasteiger partial charge in [0.15, 0.2) is 0 Å². The van der Waals surface area contributed by atoms with E-state index in [1.807, 2.05) is 0 Å². The number of hydrogen-bond donors (Lipinski definition) is 1. The first-order valence-electron chi connectivity index (χ1n) is 10.7. The monoisotopic (exact) mass is 623 g/mol. The van der Waals surface area contributed by atoms with Gasteiger partial charge in [0.2, 0.25) is 0 Å². The summed E-state index contributed by atoms with van der Waals surface area (Å²) < 4.78 is 5.01. The average molecular weight is 625 g/mol. The third-order valence-corrected chi connectivity index (χ3v) is 5.05. The van der Waals surface area contributed by atoms with Crippen molar-refractivity contribution >= 4 is 33.5 Å². The Morgan fingerprint density at radius 1 is 0.964 bits per heavy atom. The predicted molar refractivity (Wildman–Crippen MR) is 116 cm³/mol. The summed E-state index contributed by atoms with van der Waals surface area (Å²) in [6.45, 7) is 4.40. The van der Waals surface area contributed by atoms with Crippen LogP contribution < -0.4 is 0 Å². The van der Waals surface area contributed by atoms with Gasteiger partial charge in [0.1, 0.15) is 5.97 Å². The second kappa shape index (κ2) is 18.5. The zero-order valence-electron chi connectivity index (χ0n) is 17.5. The molecule has 0 bridgehead atoms. The summed E-state index contributed by atoms with van der Waals surface area (Å²) in [6.07, 6.45) is 18.4. The molecule has 0 unspecified atom stereocenters. The average Bonchev–Trinajstić information content (AvgIpc) is 2.63. The Balaban J connectivity index is 0.00000165. The second-order valence-electron chi connectivity index (χ2n) is 7.33. The van der Waals surface area contributed by atoms with E-state index in [9.17, 15) is 9.90 Å². The summed E-state index contributed by atoms with van der Waals surface area (Å²) in [5.41, 5.74) is -0.0433. The van der Waals surface area contributed by atoms with Crippen molar-refractivity contribution in [3.63, 3.8) is 0 Å². The number of carbonyl (C=O) groups excluding carboxylic acids is 1. The van der Waals surface area contributed by atoms with Crippen molar-refractivity contribution in [2.45, 2.75) is 109 Å². The minimum absolute atomic E-state index is 0.356. The molecule has 0 aromatic rings. The Kier molecular flexibility index (Phi) is 19.1. The molecule has 28 heavy (non-hydrogen) atoms. The molecule has 0 saturated heterocycles. The molecule has 7 heteroatoms. The number of carbonyl (C=O) groups is 1. The van der Waals surface area contributed by atoms with Gasteiger partial charge in [0.05, 0.1) is 12.2 Å². The number of hydrogen-bond acceptors (Lipinski definition) is 3. The maximum atomic E-state index is 11.8. The van der Waals surface area contributed by atoms with Crippen molar-refractivity contribution in [3.05, 3.63) is 11.6 Å². The standard InChI is InChI=1S/C21H37O3.3ClH.Ta/c1-3-5-6-7-8-9-10-12-15-19(18-20(22)24-4-2)21(23)16-13-11-14-17-21;;;;/h23H,3-17H2,1-2H3;3*1H;/q-1;;;;+3/p-3. The first kappa shape index (κ1) is 28.8. The van der Waals surface area contributed by atoms with E-state index in [-0.39, 0.29) is 0 Å². The van der Waals surface area contributed by atoms with E-state index < -0.39 is 26.8 Å². The second-order valence-corrected chi connectivity index (χ2v) is 21.3. The van der Waals surface area contributed by atoms with Crippen molar-refractivity contribution in [2.75, 3.05) is 6.61 Å². The molecule has 0 atom stereocenters. The predicted octanol–water partition coefficient (Wildman–Crippen LogP) is 7.57. The van der Waals surface area contributed by atoms with Crippen molar-refractivity contribution in [1.82, 2.24) is 0 Å². The molecule has 1 rings (SSSR count). The summed E-state index contributed by atoms with van der Waals surface area (Å²) in [5, 5.41) is 10.9. The summed E-state index contributed by atoms with van der Waals surface area (Å²) in [6, 6.07) is 0. The number of ether oxygens (including phenoxy) is 1. The van der Waals surface area contributed by atoms with Gasteiger partial charge >= 0.3 is 42.8 Å². The molecule has 1 fully saturated rings. The quantitative estimate of drug-likeness (QED) is 0.105. The van der Waals surface area contributed by atoms with Gasteiger partial charge in [0.25, 0.3) is 0 Å². The number of unbranched alkanes of at least 4 members (excludes halogenated alkanes) is 7. The summed E-state index contributed by atoms with van der Waals surface area (Å²) in [5.74, 6) is -0.425. The van der Waals surface area contributed by atoms with Crippen molar-refractivity contribution < 1.29 is 29.8 Å². The van der Waals surface area contributed by atoms with Crippen LogP contribution in [0.2, 0.25) is 0 Å². The zero-order valence-corrected chi connectivity index (χ0v) is 22.9. The van der Waals surface area contributed by atoms with Crippen LogP contribution in [0.4, 0.5) is 0 Å². The van der Waals surface area contributed by atoms with Crippen LogP contribution in [0.25, 0.3) is 0 Å². The van der Waals surface area contributed by atoms with Crippen molar-refractivity contribution in [1.29, 1.82) is 0 Å². The van der Waals surface area contributed by atoms with Gasteiger partial charge in [-0.1, -0.05) is 84.0 Å². The molecule has 3 nitrogen and oxygen atoms in total. The van der Waals surface area contributed by atoms with Crippen molar-refractivity contribution in [3.8, 4) is 0 Å². The Labute approximate surface area is 190 Å². The molecule has 0 spiro atoms. The van der Waals surface area contributed by atoms with E-state index in [4.69, 9.17) is 32.3 Å². The molecule has 0 radical (unpaired) electrons. The topological polar surface area (TPSA) is 46.5 Å². The van der Waals surface area contributed by atoms with Crippen LogP contribution in [0.15, 0.2) is 5.57 Å². The van der Waals surface area contributed by atoms with E-state index in [2.05, 4.69) is 13.0 Å². The molecule has 0 aromatic carbocycles. The van der Waals surface area contributed by atoms with Gasteiger partial charge in [-0.25, -0.2) is 5.57 Å². The van der Waals surface area contributed by atoms with Crippen LogP contribution in [-0.4, -0.2) is 23.3 Å². The molecule has 1 N–H and O–H groups in total.